The molecule has 29 heavy (non-hydrogen) atoms. The van der Waals surface area contributed by atoms with Crippen LogP contribution in [0.2, 0.25) is 0 Å². The van der Waals surface area contributed by atoms with E-state index in [1.165, 1.54) is 14.0 Å². The summed E-state index contributed by atoms with van der Waals surface area (Å²) in [5.74, 6) is 0.837. The molecule has 0 radical (unpaired) electrons. The van der Waals surface area contributed by atoms with E-state index in [-0.39, 0.29) is 5.91 Å². The fraction of sp³-hybridized carbons (Fsp3) is 0.389. The molecule has 0 aliphatic carbocycles. The Morgan fingerprint density at radius 2 is 2.07 bits per heavy atom. The minimum absolute atomic E-state index is 0.207. The third kappa shape index (κ3) is 6.93. The zero-order chi connectivity index (χ0) is 21.4. The van der Waals surface area contributed by atoms with Crippen LogP contribution in [0.4, 0.5) is 18.9 Å². The molecule has 0 spiro atoms. The van der Waals surface area contributed by atoms with Gasteiger partial charge in [0.25, 0.3) is 0 Å². The predicted molar refractivity (Wildman–Crippen MR) is 106 cm³/mol. The minimum atomic E-state index is -4.42. The molecule has 0 atom stereocenters. The number of amides is 1. The Morgan fingerprint density at radius 3 is 2.66 bits per heavy atom. The Morgan fingerprint density at radius 1 is 1.31 bits per heavy atom. The molecule has 1 aromatic heterocycles. The van der Waals surface area contributed by atoms with Crippen molar-refractivity contribution in [2.75, 3.05) is 26.0 Å². The number of nitrogens with zero attached hydrogens (tertiary/aromatic N) is 2. The van der Waals surface area contributed by atoms with Crippen molar-refractivity contribution < 1.29 is 22.7 Å². The molecule has 0 aliphatic rings. The Bertz CT molecular complexity index is 867. The van der Waals surface area contributed by atoms with Crippen molar-refractivity contribution in [2.45, 2.75) is 26.1 Å². The number of benzene rings is 1. The number of nitrogens with one attached hydrogen (secondary N) is 3. The average molecular weight is 429 g/mol. The summed E-state index contributed by atoms with van der Waals surface area (Å²) < 4.78 is 43.0. The number of thiazole rings is 1. The van der Waals surface area contributed by atoms with Crippen LogP contribution in [-0.4, -0.2) is 37.6 Å². The van der Waals surface area contributed by atoms with Crippen LogP contribution >= 0.6 is 11.3 Å². The lowest BCUT2D eigenvalue weighted by Crippen LogP contribution is -2.37. The van der Waals surface area contributed by atoms with Crippen LogP contribution in [0.5, 0.6) is 5.75 Å². The van der Waals surface area contributed by atoms with Gasteiger partial charge in [0.15, 0.2) is 11.7 Å². The van der Waals surface area contributed by atoms with Crippen molar-refractivity contribution in [3.8, 4) is 5.75 Å². The molecule has 0 bridgehead atoms. The first-order chi connectivity index (χ1) is 13.7. The molecule has 11 heteroatoms. The fourth-order valence-electron chi connectivity index (χ4n) is 2.40. The number of ether oxygens (including phenoxy) is 1. The number of anilines is 1. The third-order valence-corrected chi connectivity index (χ3v) is 4.64. The highest BCUT2D eigenvalue weighted by atomic mass is 32.1. The molecular weight excluding hydrogens is 407 g/mol. The molecule has 0 unspecified atom stereocenters. The van der Waals surface area contributed by atoms with Gasteiger partial charge in [-0.3, -0.25) is 9.79 Å². The molecule has 3 N–H and O–H groups in total. The van der Waals surface area contributed by atoms with Crippen molar-refractivity contribution in [3.05, 3.63) is 39.8 Å². The second kappa shape index (κ2) is 10.1. The lowest BCUT2D eigenvalue weighted by Gasteiger charge is -2.14. The second-order valence-corrected chi connectivity index (χ2v) is 6.89. The molecule has 7 nitrogen and oxygen atoms in total. The van der Waals surface area contributed by atoms with Gasteiger partial charge in [0.1, 0.15) is 5.75 Å². The van der Waals surface area contributed by atoms with Crippen molar-refractivity contribution in [1.29, 1.82) is 0 Å². The average Bonchev–Trinajstić information content (AvgIpc) is 3.13. The monoisotopic (exact) mass is 429 g/mol. The number of carbonyl (C=O) groups is 1. The largest absolute Gasteiger partial charge is 0.495 e. The van der Waals surface area contributed by atoms with Crippen molar-refractivity contribution in [3.63, 3.8) is 0 Å². The van der Waals surface area contributed by atoms with Gasteiger partial charge in [0.05, 0.1) is 17.8 Å². The van der Waals surface area contributed by atoms with Crippen LogP contribution in [0.15, 0.2) is 28.6 Å². The highest BCUT2D eigenvalue weighted by molar-refractivity contribution is 7.09. The molecule has 0 fully saturated rings. The SMILES string of the molecule is CN=C(NCCc1nc(C(F)(F)F)cs1)NCc1ccc(OC)c(NC(C)=O)c1. The number of guanidine groups is 1. The molecule has 0 saturated heterocycles. The maximum Gasteiger partial charge on any atom is 0.434 e. The number of hydrogen-bond acceptors (Lipinski definition) is 5. The van der Waals surface area contributed by atoms with E-state index in [2.05, 4.69) is 25.9 Å². The molecule has 158 valence electrons. The Labute approximate surface area is 170 Å². The first-order valence-corrected chi connectivity index (χ1v) is 9.51. The summed E-state index contributed by atoms with van der Waals surface area (Å²) in [5.41, 5.74) is 0.577. The minimum Gasteiger partial charge on any atom is -0.495 e. The van der Waals surface area contributed by atoms with Crippen molar-refractivity contribution in [2.24, 2.45) is 4.99 Å². The Kier molecular flexibility index (Phi) is 7.82. The maximum atomic E-state index is 12.6. The van der Waals surface area contributed by atoms with Gasteiger partial charge < -0.3 is 20.7 Å². The number of halogens is 3. The highest BCUT2D eigenvalue weighted by Gasteiger charge is 2.33. The van der Waals surface area contributed by atoms with Crippen LogP contribution in [0, 0.1) is 0 Å². The number of rotatable bonds is 7. The standard InChI is InChI=1S/C18H22F3N5O2S/c1-11(27)25-13-8-12(4-5-14(13)28-3)9-24-17(22-2)23-7-6-16-26-15(10-29-16)18(19,20)21/h4-5,8,10H,6-7,9H2,1-3H3,(H,25,27)(H2,22,23,24). The number of aliphatic imine (C=N–C) groups is 1. The van der Waals surface area contributed by atoms with Gasteiger partial charge in [-0.2, -0.15) is 13.2 Å². The zero-order valence-corrected chi connectivity index (χ0v) is 17.0. The number of alkyl halides is 3. The van der Waals surface area contributed by atoms with E-state index < -0.39 is 11.9 Å². The Hall–Kier alpha value is -2.82. The molecule has 1 amide bonds. The fourth-order valence-corrected chi connectivity index (χ4v) is 3.21. The van der Waals surface area contributed by atoms with E-state index in [0.29, 0.717) is 41.9 Å². The van der Waals surface area contributed by atoms with E-state index in [1.807, 2.05) is 6.07 Å². The lowest BCUT2D eigenvalue weighted by molar-refractivity contribution is -0.140. The van der Waals surface area contributed by atoms with E-state index in [0.717, 1.165) is 22.3 Å². The van der Waals surface area contributed by atoms with E-state index in [4.69, 9.17) is 4.74 Å². The normalized spacial score (nSPS) is 11.9. The van der Waals surface area contributed by atoms with Crippen LogP contribution < -0.4 is 20.7 Å². The molecule has 2 aromatic rings. The predicted octanol–water partition coefficient (Wildman–Crippen LogP) is 3.04. The van der Waals surface area contributed by atoms with Crippen LogP contribution in [-0.2, 0) is 23.9 Å². The van der Waals surface area contributed by atoms with Gasteiger partial charge in [0, 0.05) is 38.9 Å². The van der Waals surface area contributed by atoms with Gasteiger partial charge in [0.2, 0.25) is 5.91 Å². The summed E-state index contributed by atoms with van der Waals surface area (Å²) in [5, 5.41) is 10.3. The molecular formula is C18H22F3N5O2S. The van der Waals surface area contributed by atoms with Crippen LogP contribution in [0.3, 0.4) is 0 Å². The van der Waals surface area contributed by atoms with Crippen LogP contribution in [0.1, 0.15) is 23.2 Å². The van der Waals surface area contributed by atoms with Gasteiger partial charge in [-0.05, 0) is 17.7 Å². The quantitative estimate of drug-likeness (QED) is 0.465. The van der Waals surface area contributed by atoms with E-state index >= 15 is 0 Å². The number of carbonyl (C=O) groups excluding carboxylic acids is 1. The zero-order valence-electron chi connectivity index (χ0n) is 16.2. The third-order valence-electron chi connectivity index (χ3n) is 3.73. The first kappa shape index (κ1) is 22.5. The van der Waals surface area contributed by atoms with Crippen molar-refractivity contribution in [1.82, 2.24) is 15.6 Å². The molecule has 0 aliphatic heterocycles. The topological polar surface area (TPSA) is 87.6 Å². The summed E-state index contributed by atoms with van der Waals surface area (Å²) in [6, 6.07) is 5.38. The molecule has 0 saturated carbocycles. The number of hydrogen-bond donors (Lipinski definition) is 3. The summed E-state index contributed by atoms with van der Waals surface area (Å²) >= 11 is 0.978. The van der Waals surface area contributed by atoms with Crippen LogP contribution in [0.25, 0.3) is 0 Å². The molecule has 2 rings (SSSR count). The second-order valence-electron chi connectivity index (χ2n) is 5.94. The first-order valence-electron chi connectivity index (χ1n) is 8.63. The van der Waals surface area contributed by atoms with E-state index in [1.54, 1.807) is 19.2 Å². The van der Waals surface area contributed by atoms with Gasteiger partial charge in [-0.15, -0.1) is 11.3 Å². The lowest BCUT2D eigenvalue weighted by atomic mass is 10.2. The molecule has 1 aromatic carbocycles. The Balaban J connectivity index is 1.87. The van der Waals surface area contributed by atoms with Crippen molar-refractivity contribution >= 4 is 28.9 Å². The number of aromatic nitrogens is 1. The van der Waals surface area contributed by atoms with Gasteiger partial charge in [-0.1, -0.05) is 6.07 Å². The summed E-state index contributed by atoms with van der Waals surface area (Å²) in [4.78, 5) is 19.0. The molecule has 1 heterocycles. The summed E-state index contributed by atoms with van der Waals surface area (Å²) in [6.45, 7) is 2.21. The maximum absolute atomic E-state index is 12.6. The highest BCUT2D eigenvalue weighted by Crippen LogP contribution is 2.30. The summed E-state index contributed by atoms with van der Waals surface area (Å²) in [6.07, 6.45) is -4.08. The smallest absolute Gasteiger partial charge is 0.434 e. The van der Waals surface area contributed by atoms with E-state index in [9.17, 15) is 18.0 Å². The summed E-state index contributed by atoms with van der Waals surface area (Å²) in [7, 11) is 3.11. The number of methoxy groups -OCH3 is 1. The van der Waals surface area contributed by atoms with Gasteiger partial charge in [-0.25, -0.2) is 4.98 Å². The van der Waals surface area contributed by atoms with Gasteiger partial charge >= 0.3 is 6.18 Å².